The molecular weight excluding hydrogens is 311 g/mol. The van der Waals surface area contributed by atoms with E-state index in [0.29, 0.717) is 12.0 Å². The van der Waals surface area contributed by atoms with E-state index in [1.165, 1.54) is 6.07 Å². The molecule has 0 heterocycles. The van der Waals surface area contributed by atoms with Crippen LogP contribution in [0.25, 0.3) is 22.3 Å². The molecule has 0 spiro atoms. The fraction of sp³-hybridized carbons (Fsp3) is 0.217. The monoisotopic (exact) mass is 334 g/mol. The number of para-hydroxylation sites is 1. The van der Waals surface area contributed by atoms with Crippen LogP contribution in [-0.4, -0.2) is 5.11 Å². The number of benzene rings is 3. The van der Waals surface area contributed by atoms with Crippen LogP contribution in [0.5, 0.6) is 5.75 Å². The molecule has 0 aliphatic carbocycles. The Morgan fingerprint density at radius 3 is 2.20 bits per heavy atom. The number of halogens is 1. The number of hydrogen-bond acceptors (Lipinski definition) is 1. The van der Waals surface area contributed by atoms with Gasteiger partial charge in [-0.1, -0.05) is 62.4 Å². The van der Waals surface area contributed by atoms with Crippen molar-refractivity contribution in [1.29, 1.82) is 0 Å². The zero-order valence-electron chi connectivity index (χ0n) is 14.9. The molecule has 0 amide bonds. The number of aryl methyl sites for hydroxylation is 2. The van der Waals surface area contributed by atoms with Gasteiger partial charge in [-0.25, -0.2) is 4.39 Å². The normalized spacial score (nSPS) is 10.9. The second-order valence-electron chi connectivity index (χ2n) is 6.32. The topological polar surface area (TPSA) is 20.2 Å². The van der Waals surface area contributed by atoms with Gasteiger partial charge in [-0.15, -0.1) is 0 Å². The first-order chi connectivity index (χ1) is 12.1. The first-order valence-corrected chi connectivity index (χ1v) is 8.76. The molecule has 1 N–H and O–H groups in total. The van der Waals surface area contributed by atoms with Gasteiger partial charge >= 0.3 is 0 Å². The molecule has 0 bridgehead atoms. The van der Waals surface area contributed by atoms with Crippen LogP contribution >= 0.6 is 0 Å². The maximum atomic E-state index is 14.5. The highest BCUT2D eigenvalue weighted by atomic mass is 19.1. The molecule has 128 valence electrons. The first kappa shape index (κ1) is 17.2. The number of rotatable bonds is 4. The van der Waals surface area contributed by atoms with E-state index in [0.717, 1.165) is 39.8 Å². The van der Waals surface area contributed by atoms with Gasteiger partial charge in [0.05, 0.1) is 0 Å². The SMILES string of the molecule is CCc1cc(-c2cccc(-c3ccccc3C)c2O)cc(F)c1CC. The zero-order chi connectivity index (χ0) is 18.0. The Bertz CT molecular complexity index is 912. The summed E-state index contributed by atoms with van der Waals surface area (Å²) in [6.07, 6.45) is 1.44. The molecule has 0 radical (unpaired) electrons. The first-order valence-electron chi connectivity index (χ1n) is 8.76. The smallest absolute Gasteiger partial charge is 0.131 e. The maximum absolute atomic E-state index is 14.5. The van der Waals surface area contributed by atoms with E-state index < -0.39 is 0 Å². The van der Waals surface area contributed by atoms with Gasteiger partial charge < -0.3 is 5.11 Å². The largest absolute Gasteiger partial charge is 0.507 e. The minimum atomic E-state index is -0.197. The van der Waals surface area contributed by atoms with Gasteiger partial charge in [0.25, 0.3) is 0 Å². The van der Waals surface area contributed by atoms with E-state index in [4.69, 9.17) is 0 Å². The molecule has 0 saturated carbocycles. The lowest BCUT2D eigenvalue weighted by atomic mass is 9.92. The van der Waals surface area contributed by atoms with Gasteiger partial charge in [-0.05, 0) is 53.6 Å². The highest BCUT2D eigenvalue weighted by Gasteiger charge is 2.15. The minimum absolute atomic E-state index is 0.197. The highest BCUT2D eigenvalue weighted by molar-refractivity contribution is 5.83. The Kier molecular flexibility index (Phi) is 4.89. The summed E-state index contributed by atoms with van der Waals surface area (Å²) in [5, 5.41) is 10.9. The van der Waals surface area contributed by atoms with E-state index in [2.05, 4.69) is 0 Å². The van der Waals surface area contributed by atoms with Gasteiger partial charge in [-0.3, -0.25) is 0 Å². The fourth-order valence-corrected chi connectivity index (χ4v) is 3.43. The van der Waals surface area contributed by atoms with Crippen molar-refractivity contribution in [2.24, 2.45) is 0 Å². The molecule has 3 aromatic rings. The number of phenolic OH excluding ortho intramolecular Hbond substituents is 1. The van der Waals surface area contributed by atoms with Crippen LogP contribution in [-0.2, 0) is 12.8 Å². The standard InChI is InChI=1S/C23H23FO/c1-4-16-13-17(14-22(24)18(16)5-2)20-11-8-12-21(23(20)25)19-10-7-6-9-15(19)3/h6-14,25H,4-5H2,1-3H3. The molecule has 0 saturated heterocycles. The summed E-state index contributed by atoms with van der Waals surface area (Å²) in [6.45, 7) is 6.02. The number of hydrogen-bond donors (Lipinski definition) is 1. The zero-order valence-corrected chi connectivity index (χ0v) is 14.9. The van der Waals surface area contributed by atoms with Crippen molar-refractivity contribution in [2.45, 2.75) is 33.6 Å². The summed E-state index contributed by atoms with van der Waals surface area (Å²) in [6, 6.07) is 17.1. The van der Waals surface area contributed by atoms with Crippen molar-refractivity contribution in [3.05, 3.63) is 77.1 Å². The Balaban J connectivity index is 2.19. The van der Waals surface area contributed by atoms with Gasteiger partial charge in [0.2, 0.25) is 0 Å². The average molecular weight is 334 g/mol. The molecule has 0 aliphatic heterocycles. The molecule has 0 aliphatic rings. The lowest BCUT2D eigenvalue weighted by Gasteiger charge is -2.15. The van der Waals surface area contributed by atoms with Crippen LogP contribution in [0, 0.1) is 12.7 Å². The van der Waals surface area contributed by atoms with Crippen molar-refractivity contribution < 1.29 is 9.50 Å². The van der Waals surface area contributed by atoms with Gasteiger partial charge in [0, 0.05) is 11.1 Å². The van der Waals surface area contributed by atoms with Gasteiger partial charge in [0.1, 0.15) is 11.6 Å². The molecule has 3 aromatic carbocycles. The second kappa shape index (κ2) is 7.10. The number of phenols is 1. The van der Waals surface area contributed by atoms with Crippen molar-refractivity contribution in [2.75, 3.05) is 0 Å². The Hall–Kier alpha value is -2.61. The third-order valence-corrected chi connectivity index (χ3v) is 4.80. The van der Waals surface area contributed by atoms with E-state index in [9.17, 15) is 9.50 Å². The number of aromatic hydroxyl groups is 1. The van der Waals surface area contributed by atoms with Crippen molar-refractivity contribution in [1.82, 2.24) is 0 Å². The summed E-state index contributed by atoms with van der Waals surface area (Å²) in [4.78, 5) is 0. The van der Waals surface area contributed by atoms with Gasteiger partial charge in [0.15, 0.2) is 0 Å². The van der Waals surface area contributed by atoms with Crippen molar-refractivity contribution in [3.63, 3.8) is 0 Å². The Morgan fingerprint density at radius 1 is 0.840 bits per heavy atom. The second-order valence-corrected chi connectivity index (χ2v) is 6.32. The summed E-state index contributed by atoms with van der Waals surface area (Å²) >= 11 is 0. The quantitative estimate of drug-likeness (QED) is 0.594. The Morgan fingerprint density at radius 2 is 1.52 bits per heavy atom. The molecule has 0 aromatic heterocycles. The predicted octanol–water partition coefficient (Wildman–Crippen LogP) is 6.30. The van der Waals surface area contributed by atoms with Crippen LogP contribution in [0.15, 0.2) is 54.6 Å². The van der Waals surface area contributed by atoms with Crippen molar-refractivity contribution in [3.8, 4) is 28.0 Å². The Labute approximate surface area is 148 Å². The van der Waals surface area contributed by atoms with Crippen LogP contribution in [0.3, 0.4) is 0 Å². The maximum Gasteiger partial charge on any atom is 0.131 e. The predicted molar refractivity (Wildman–Crippen MR) is 102 cm³/mol. The molecule has 1 nitrogen and oxygen atoms in total. The van der Waals surface area contributed by atoms with Crippen molar-refractivity contribution >= 4 is 0 Å². The molecule has 2 heteroatoms. The summed E-state index contributed by atoms with van der Waals surface area (Å²) in [5.74, 6) is 0.0000428. The van der Waals surface area contributed by atoms with Crippen LogP contribution < -0.4 is 0 Å². The van der Waals surface area contributed by atoms with E-state index in [-0.39, 0.29) is 11.6 Å². The van der Waals surface area contributed by atoms with Crippen LogP contribution in [0.4, 0.5) is 4.39 Å². The molecule has 0 fully saturated rings. The van der Waals surface area contributed by atoms with E-state index in [1.807, 2.05) is 69.3 Å². The van der Waals surface area contributed by atoms with Crippen LogP contribution in [0.1, 0.15) is 30.5 Å². The fourth-order valence-electron chi connectivity index (χ4n) is 3.43. The van der Waals surface area contributed by atoms with Crippen LogP contribution in [0.2, 0.25) is 0 Å². The summed E-state index contributed by atoms with van der Waals surface area (Å²) in [7, 11) is 0. The highest BCUT2D eigenvalue weighted by Crippen LogP contribution is 2.40. The lowest BCUT2D eigenvalue weighted by Crippen LogP contribution is -1.97. The van der Waals surface area contributed by atoms with E-state index >= 15 is 0 Å². The summed E-state index contributed by atoms with van der Waals surface area (Å²) in [5.41, 5.74) is 6.00. The third-order valence-electron chi connectivity index (χ3n) is 4.80. The lowest BCUT2D eigenvalue weighted by molar-refractivity contribution is 0.479. The molecule has 3 rings (SSSR count). The minimum Gasteiger partial charge on any atom is -0.507 e. The molecule has 0 unspecified atom stereocenters. The third kappa shape index (κ3) is 3.17. The molecular formula is C23H23FO. The molecule has 25 heavy (non-hydrogen) atoms. The average Bonchev–Trinajstić information content (AvgIpc) is 2.62. The van der Waals surface area contributed by atoms with E-state index in [1.54, 1.807) is 0 Å². The van der Waals surface area contributed by atoms with Gasteiger partial charge in [-0.2, -0.15) is 0 Å². The molecule has 0 atom stereocenters. The summed E-state index contributed by atoms with van der Waals surface area (Å²) < 4.78 is 14.5.